The minimum absolute atomic E-state index is 0.218. The Morgan fingerprint density at radius 2 is 2.00 bits per heavy atom. The first-order chi connectivity index (χ1) is 8.77. The number of carboxylic acid groups (broad SMARTS) is 1. The molecule has 0 bridgehead atoms. The zero-order valence-corrected chi connectivity index (χ0v) is 12.4. The number of carboxylic acids is 1. The predicted molar refractivity (Wildman–Crippen MR) is 71.8 cm³/mol. The molecular formula is C11H12BrNO5S. The number of amides is 1. The molecule has 0 aliphatic carbocycles. The van der Waals surface area contributed by atoms with E-state index in [1.165, 1.54) is 25.2 Å². The molecule has 2 N–H and O–H groups in total. The lowest BCUT2D eigenvalue weighted by atomic mass is 10.2. The third kappa shape index (κ3) is 4.03. The van der Waals surface area contributed by atoms with Crippen LogP contribution >= 0.6 is 15.9 Å². The van der Waals surface area contributed by atoms with Gasteiger partial charge in [0.2, 0.25) is 5.91 Å². The molecule has 0 aliphatic rings. The van der Waals surface area contributed by atoms with Crippen molar-refractivity contribution in [2.24, 2.45) is 0 Å². The largest absolute Gasteiger partial charge is 0.478 e. The van der Waals surface area contributed by atoms with Gasteiger partial charge >= 0.3 is 5.97 Å². The van der Waals surface area contributed by atoms with Crippen molar-refractivity contribution in [1.29, 1.82) is 0 Å². The maximum Gasteiger partial charge on any atom is 0.337 e. The van der Waals surface area contributed by atoms with E-state index in [0.29, 0.717) is 4.47 Å². The Kier molecular flexibility index (Phi) is 5.07. The number of benzene rings is 1. The number of carbonyl (C=O) groups is 2. The van der Waals surface area contributed by atoms with Crippen molar-refractivity contribution in [3.05, 3.63) is 28.2 Å². The third-order valence-electron chi connectivity index (χ3n) is 2.39. The van der Waals surface area contributed by atoms with Crippen molar-refractivity contribution in [3.63, 3.8) is 0 Å². The van der Waals surface area contributed by atoms with Crippen molar-refractivity contribution >= 4 is 37.6 Å². The molecule has 0 saturated carbocycles. The van der Waals surface area contributed by atoms with Gasteiger partial charge in [0.1, 0.15) is 0 Å². The standard InChI is InChI=1S/C11H12BrNO5S/c1-13-10(14)4-5-19(17,18)9-6-7(12)2-3-8(9)11(15)16/h2-3,6H,4-5H2,1H3,(H,13,14)(H,15,16). The Morgan fingerprint density at radius 1 is 1.37 bits per heavy atom. The van der Waals surface area contributed by atoms with Gasteiger partial charge in [-0.2, -0.15) is 0 Å². The van der Waals surface area contributed by atoms with E-state index in [1.54, 1.807) is 0 Å². The van der Waals surface area contributed by atoms with E-state index in [9.17, 15) is 18.0 Å². The van der Waals surface area contributed by atoms with Crippen LogP contribution in [0.25, 0.3) is 0 Å². The Balaban J connectivity index is 3.16. The second kappa shape index (κ2) is 6.16. The van der Waals surface area contributed by atoms with Gasteiger partial charge in [0.15, 0.2) is 9.84 Å². The molecule has 6 nitrogen and oxygen atoms in total. The summed E-state index contributed by atoms with van der Waals surface area (Å²) < 4.78 is 24.6. The summed E-state index contributed by atoms with van der Waals surface area (Å²) in [6, 6.07) is 3.88. The van der Waals surface area contributed by atoms with Crippen LogP contribution in [0.4, 0.5) is 0 Å². The second-order valence-corrected chi connectivity index (χ2v) is 6.68. The lowest BCUT2D eigenvalue weighted by Gasteiger charge is -2.08. The van der Waals surface area contributed by atoms with Gasteiger partial charge in [0.05, 0.1) is 16.2 Å². The van der Waals surface area contributed by atoms with Gasteiger partial charge in [-0.1, -0.05) is 15.9 Å². The summed E-state index contributed by atoms with van der Waals surface area (Å²) in [4.78, 5) is 21.8. The first-order valence-corrected chi connectivity index (χ1v) is 7.68. The molecule has 0 radical (unpaired) electrons. The molecule has 0 unspecified atom stereocenters. The summed E-state index contributed by atoms with van der Waals surface area (Å²) in [6.45, 7) is 0. The smallest absolute Gasteiger partial charge is 0.337 e. The molecule has 19 heavy (non-hydrogen) atoms. The SMILES string of the molecule is CNC(=O)CCS(=O)(=O)c1cc(Br)ccc1C(=O)O. The topological polar surface area (TPSA) is 101 Å². The summed E-state index contributed by atoms with van der Waals surface area (Å²) in [7, 11) is -2.44. The van der Waals surface area contributed by atoms with E-state index in [-0.39, 0.29) is 16.9 Å². The number of rotatable bonds is 5. The zero-order chi connectivity index (χ0) is 14.6. The number of halogens is 1. The van der Waals surface area contributed by atoms with Gasteiger partial charge in [-0.3, -0.25) is 4.79 Å². The lowest BCUT2D eigenvalue weighted by molar-refractivity contribution is -0.120. The van der Waals surface area contributed by atoms with Crippen molar-refractivity contribution in [1.82, 2.24) is 5.32 Å². The molecule has 0 aliphatic heterocycles. The number of hydrogen-bond donors (Lipinski definition) is 2. The number of nitrogens with one attached hydrogen (secondary N) is 1. The summed E-state index contributed by atoms with van der Waals surface area (Å²) in [5.41, 5.74) is -0.305. The Morgan fingerprint density at radius 3 is 2.53 bits per heavy atom. The van der Waals surface area contributed by atoms with Crippen LogP contribution in [0.1, 0.15) is 16.8 Å². The van der Waals surface area contributed by atoms with Crippen LogP contribution in [0.2, 0.25) is 0 Å². The average molecular weight is 350 g/mol. The minimum atomic E-state index is -3.84. The summed E-state index contributed by atoms with van der Waals surface area (Å²) in [6.07, 6.45) is -0.218. The Bertz CT molecular complexity index is 612. The number of aromatic carboxylic acids is 1. The maximum absolute atomic E-state index is 12.1. The molecule has 0 saturated heterocycles. The monoisotopic (exact) mass is 349 g/mol. The van der Waals surface area contributed by atoms with Crippen LogP contribution in [-0.4, -0.2) is 38.2 Å². The maximum atomic E-state index is 12.1. The van der Waals surface area contributed by atoms with Crippen LogP contribution in [-0.2, 0) is 14.6 Å². The van der Waals surface area contributed by atoms with Crippen LogP contribution in [0.5, 0.6) is 0 Å². The van der Waals surface area contributed by atoms with Crippen molar-refractivity contribution in [2.75, 3.05) is 12.8 Å². The highest BCUT2D eigenvalue weighted by atomic mass is 79.9. The van der Waals surface area contributed by atoms with E-state index in [1.807, 2.05) is 0 Å². The van der Waals surface area contributed by atoms with Crippen LogP contribution < -0.4 is 5.32 Å². The summed E-state index contributed by atoms with van der Waals surface area (Å²) >= 11 is 3.09. The van der Waals surface area contributed by atoms with Crippen molar-refractivity contribution < 1.29 is 23.1 Å². The fourth-order valence-electron chi connectivity index (χ4n) is 1.39. The fraction of sp³-hybridized carbons (Fsp3) is 0.273. The molecule has 1 rings (SSSR count). The second-order valence-electron chi connectivity index (χ2n) is 3.69. The lowest BCUT2D eigenvalue weighted by Crippen LogP contribution is -2.22. The molecule has 1 aromatic carbocycles. The van der Waals surface area contributed by atoms with E-state index in [0.717, 1.165) is 0 Å². The molecule has 1 aromatic rings. The quantitative estimate of drug-likeness (QED) is 0.827. The molecule has 0 heterocycles. The number of carbonyl (C=O) groups excluding carboxylic acids is 1. The van der Waals surface area contributed by atoms with Gasteiger partial charge in [-0.15, -0.1) is 0 Å². The summed E-state index contributed by atoms with van der Waals surface area (Å²) in [5, 5.41) is 11.3. The predicted octanol–water partition coefficient (Wildman–Crippen LogP) is 1.06. The first kappa shape index (κ1) is 15.6. The van der Waals surface area contributed by atoms with Gasteiger partial charge in [-0.25, -0.2) is 13.2 Å². The van der Waals surface area contributed by atoms with Crippen LogP contribution in [0.15, 0.2) is 27.6 Å². The highest BCUT2D eigenvalue weighted by molar-refractivity contribution is 9.10. The molecule has 8 heteroatoms. The third-order valence-corrected chi connectivity index (χ3v) is 4.63. The van der Waals surface area contributed by atoms with Crippen LogP contribution in [0.3, 0.4) is 0 Å². The summed E-state index contributed by atoms with van der Waals surface area (Å²) in [5.74, 6) is -2.19. The van der Waals surface area contributed by atoms with E-state index in [4.69, 9.17) is 5.11 Å². The highest BCUT2D eigenvalue weighted by Gasteiger charge is 2.23. The fourth-order valence-corrected chi connectivity index (χ4v) is 3.38. The first-order valence-electron chi connectivity index (χ1n) is 5.24. The number of sulfone groups is 1. The van der Waals surface area contributed by atoms with Gasteiger partial charge in [0.25, 0.3) is 0 Å². The average Bonchev–Trinajstić information content (AvgIpc) is 2.35. The molecular weight excluding hydrogens is 338 g/mol. The molecule has 104 valence electrons. The van der Waals surface area contributed by atoms with Crippen molar-refractivity contribution in [2.45, 2.75) is 11.3 Å². The molecule has 1 amide bonds. The van der Waals surface area contributed by atoms with E-state index in [2.05, 4.69) is 21.2 Å². The van der Waals surface area contributed by atoms with Crippen LogP contribution in [0, 0.1) is 0 Å². The molecule has 0 aromatic heterocycles. The highest BCUT2D eigenvalue weighted by Crippen LogP contribution is 2.23. The van der Waals surface area contributed by atoms with E-state index < -0.39 is 27.5 Å². The molecule has 0 fully saturated rings. The minimum Gasteiger partial charge on any atom is -0.478 e. The van der Waals surface area contributed by atoms with E-state index >= 15 is 0 Å². The van der Waals surface area contributed by atoms with Gasteiger partial charge in [0, 0.05) is 17.9 Å². The number of hydrogen-bond acceptors (Lipinski definition) is 4. The van der Waals surface area contributed by atoms with Gasteiger partial charge in [-0.05, 0) is 18.2 Å². The normalized spacial score (nSPS) is 11.1. The Hall–Kier alpha value is -1.41. The van der Waals surface area contributed by atoms with Gasteiger partial charge < -0.3 is 10.4 Å². The molecule has 0 atom stereocenters. The Labute approximate surface area is 118 Å². The molecule has 0 spiro atoms. The van der Waals surface area contributed by atoms with Crippen molar-refractivity contribution in [3.8, 4) is 0 Å². The zero-order valence-electron chi connectivity index (χ0n) is 10.0.